The van der Waals surface area contributed by atoms with Crippen LogP contribution in [0.25, 0.3) is 0 Å². The van der Waals surface area contributed by atoms with Gasteiger partial charge < -0.3 is 9.47 Å². The van der Waals surface area contributed by atoms with Gasteiger partial charge in [-0.3, -0.25) is 0 Å². The van der Waals surface area contributed by atoms with Crippen LogP contribution in [0, 0.1) is 0 Å². The van der Waals surface area contributed by atoms with Gasteiger partial charge >= 0.3 is 0 Å². The van der Waals surface area contributed by atoms with Crippen molar-refractivity contribution in [1.82, 2.24) is 9.97 Å². The van der Waals surface area contributed by atoms with Crippen LogP contribution in [-0.4, -0.2) is 24.2 Å². The van der Waals surface area contributed by atoms with Gasteiger partial charge in [0, 0.05) is 0 Å². The molecule has 0 unspecified atom stereocenters. The maximum absolute atomic E-state index is 4.94. The number of thiol groups is 1. The van der Waals surface area contributed by atoms with E-state index in [0.29, 0.717) is 16.7 Å². The van der Waals surface area contributed by atoms with Crippen LogP contribution < -0.4 is 9.47 Å². The van der Waals surface area contributed by atoms with E-state index in [2.05, 4.69) is 22.6 Å². The third-order valence-electron chi connectivity index (χ3n) is 1.15. The minimum atomic E-state index is 0.396. The molecular weight excluding hydrogens is 164 g/mol. The van der Waals surface area contributed by atoms with E-state index in [1.165, 1.54) is 20.5 Å². The maximum Gasteiger partial charge on any atom is 0.261 e. The van der Waals surface area contributed by atoms with Crippen molar-refractivity contribution in [3.05, 3.63) is 6.33 Å². The first-order valence-corrected chi connectivity index (χ1v) is 3.36. The monoisotopic (exact) mass is 172 g/mol. The number of aromatic nitrogens is 2. The van der Waals surface area contributed by atoms with Crippen LogP contribution in [0.3, 0.4) is 0 Å². The fraction of sp³-hybridized carbons (Fsp3) is 0.333. The van der Waals surface area contributed by atoms with Gasteiger partial charge in [0.15, 0.2) is 0 Å². The lowest BCUT2D eigenvalue weighted by molar-refractivity contribution is 0.332. The summed E-state index contributed by atoms with van der Waals surface area (Å²) in [6.45, 7) is 0. The van der Waals surface area contributed by atoms with Gasteiger partial charge in [0.2, 0.25) is 5.75 Å². The molecule has 5 heteroatoms. The van der Waals surface area contributed by atoms with Gasteiger partial charge in [-0.2, -0.15) is 4.98 Å². The normalized spacial score (nSPS) is 9.36. The van der Waals surface area contributed by atoms with E-state index in [4.69, 9.17) is 9.47 Å². The van der Waals surface area contributed by atoms with E-state index in [-0.39, 0.29) is 0 Å². The molecule has 0 aliphatic heterocycles. The number of ether oxygens (including phenoxy) is 2. The lowest BCUT2D eigenvalue weighted by atomic mass is 10.6. The number of rotatable bonds is 2. The second-order valence-corrected chi connectivity index (χ2v) is 2.16. The molecule has 1 heterocycles. The Morgan fingerprint density at radius 3 is 2.45 bits per heavy atom. The molecule has 0 aliphatic carbocycles. The first-order chi connectivity index (χ1) is 5.29. The summed E-state index contributed by atoms with van der Waals surface area (Å²) in [7, 11) is 3.03. The van der Waals surface area contributed by atoms with E-state index in [9.17, 15) is 0 Å². The summed E-state index contributed by atoms with van der Waals surface area (Å²) in [5.74, 6) is 0.853. The molecule has 0 atom stereocenters. The molecule has 11 heavy (non-hydrogen) atoms. The molecule has 60 valence electrons. The highest BCUT2D eigenvalue weighted by Crippen LogP contribution is 2.28. The first-order valence-electron chi connectivity index (χ1n) is 2.91. The zero-order chi connectivity index (χ0) is 8.27. The Balaban J connectivity index is 3.13. The number of hydrogen-bond acceptors (Lipinski definition) is 5. The topological polar surface area (TPSA) is 44.2 Å². The van der Waals surface area contributed by atoms with Crippen molar-refractivity contribution in [1.29, 1.82) is 0 Å². The van der Waals surface area contributed by atoms with Crippen LogP contribution in [0.15, 0.2) is 11.4 Å². The van der Waals surface area contributed by atoms with Crippen LogP contribution in [-0.2, 0) is 0 Å². The maximum atomic E-state index is 4.94. The van der Waals surface area contributed by atoms with Crippen molar-refractivity contribution < 1.29 is 9.47 Å². The molecule has 1 rings (SSSR count). The minimum Gasteiger partial charge on any atom is -0.489 e. The van der Waals surface area contributed by atoms with Gasteiger partial charge in [-0.25, -0.2) is 4.98 Å². The van der Waals surface area contributed by atoms with Gasteiger partial charge in [0.05, 0.1) is 14.2 Å². The largest absolute Gasteiger partial charge is 0.489 e. The van der Waals surface area contributed by atoms with Gasteiger partial charge in [-0.15, -0.1) is 12.6 Å². The predicted molar refractivity (Wildman–Crippen MR) is 42.4 cm³/mol. The van der Waals surface area contributed by atoms with E-state index in [1.54, 1.807) is 0 Å². The van der Waals surface area contributed by atoms with Crippen LogP contribution in [0.4, 0.5) is 0 Å². The van der Waals surface area contributed by atoms with Gasteiger partial charge in [-0.05, 0) is 0 Å². The Morgan fingerprint density at radius 1 is 1.27 bits per heavy atom. The highest BCUT2D eigenvalue weighted by molar-refractivity contribution is 7.80. The van der Waals surface area contributed by atoms with Gasteiger partial charge in [0.1, 0.15) is 11.4 Å². The summed E-state index contributed by atoms with van der Waals surface area (Å²) < 4.78 is 9.83. The molecule has 1 aromatic rings. The summed E-state index contributed by atoms with van der Waals surface area (Å²) in [5, 5.41) is 0.472. The number of nitrogens with zero attached hydrogens (tertiary/aromatic N) is 2. The molecule has 0 radical (unpaired) electrons. The Morgan fingerprint density at radius 2 is 2.00 bits per heavy atom. The van der Waals surface area contributed by atoms with Crippen LogP contribution in [0.1, 0.15) is 0 Å². The molecule has 4 nitrogen and oxygen atoms in total. The Labute approximate surface area is 70.0 Å². The van der Waals surface area contributed by atoms with E-state index in [0.717, 1.165) is 0 Å². The Hall–Kier alpha value is -0.970. The molecule has 0 saturated heterocycles. The average molecular weight is 172 g/mol. The van der Waals surface area contributed by atoms with E-state index < -0.39 is 0 Å². The molecule has 0 saturated carbocycles. The second kappa shape index (κ2) is 3.43. The highest BCUT2D eigenvalue weighted by atomic mass is 32.1. The molecule has 0 aliphatic rings. The zero-order valence-electron chi connectivity index (χ0n) is 6.24. The molecule has 1 aromatic heterocycles. The average Bonchev–Trinajstić information content (AvgIpc) is 2.04. The fourth-order valence-corrected chi connectivity index (χ4v) is 0.911. The molecule has 0 N–H and O–H groups in total. The SMILES string of the molecule is COc1ncnc(S)c1OC. The smallest absolute Gasteiger partial charge is 0.261 e. The quantitative estimate of drug-likeness (QED) is 0.529. The van der Waals surface area contributed by atoms with E-state index in [1.807, 2.05) is 0 Å². The Kier molecular flexibility index (Phi) is 2.53. The standard InChI is InChI=1S/C6H8N2O2S/c1-9-4-5(10-2)7-3-8-6(4)11/h3H,1-2H3,(H,7,8,11). The molecule has 0 spiro atoms. The molecular formula is C6H8N2O2S. The second-order valence-electron chi connectivity index (χ2n) is 1.74. The third-order valence-corrected chi connectivity index (χ3v) is 1.47. The van der Waals surface area contributed by atoms with E-state index >= 15 is 0 Å². The lowest BCUT2D eigenvalue weighted by Crippen LogP contribution is -1.95. The predicted octanol–water partition coefficient (Wildman–Crippen LogP) is 0.782. The van der Waals surface area contributed by atoms with Crippen LogP contribution in [0.5, 0.6) is 11.6 Å². The van der Waals surface area contributed by atoms with Crippen LogP contribution >= 0.6 is 12.6 Å². The Bertz CT molecular complexity index is 254. The summed E-state index contributed by atoms with van der Waals surface area (Å²) >= 11 is 4.05. The van der Waals surface area contributed by atoms with Gasteiger partial charge in [-0.1, -0.05) is 0 Å². The lowest BCUT2D eigenvalue weighted by Gasteiger charge is -2.05. The molecule has 0 fully saturated rings. The fourth-order valence-electron chi connectivity index (χ4n) is 0.673. The van der Waals surface area contributed by atoms with Crippen LogP contribution in [0.2, 0.25) is 0 Å². The molecule has 0 aromatic carbocycles. The number of hydrogen-bond donors (Lipinski definition) is 1. The van der Waals surface area contributed by atoms with Crippen molar-refractivity contribution in [2.75, 3.05) is 14.2 Å². The summed E-state index contributed by atoms with van der Waals surface area (Å²) in [6, 6.07) is 0. The third kappa shape index (κ3) is 1.54. The van der Waals surface area contributed by atoms with Crippen molar-refractivity contribution in [2.24, 2.45) is 0 Å². The van der Waals surface area contributed by atoms with Crippen molar-refractivity contribution in [3.8, 4) is 11.6 Å². The highest BCUT2D eigenvalue weighted by Gasteiger charge is 2.08. The first kappa shape index (κ1) is 8.13. The summed E-state index contributed by atoms with van der Waals surface area (Å²) in [6.07, 6.45) is 1.36. The van der Waals surface area contributed by atoms with Crippen molar-refractivity contribution in [2.45, 2.75) is 5.03 Å². The minimum absolute atomic E-state index is 0.396. The molecule has 0 bridgehead atoms. The summed E-state index contributed by atoms with van der Waals surface area (Å²) in [4.78, 5) is 7.63. The zero-order valence-corrected chi connectivity index (χ0v) is 7.13. The molecule has 0 amide bonds. The number of methoxy groups -OCH3 is 2. The summed E-state index contributed by atoms with van der Waals surface area (Å²) in [5.41, 5.74) is 0. The van der Waals surface area contributed by atoms with Gasteiger partial charge in [0.25, 0.3) is 5.88 Å². The van der Waals surface area contributed by atoms with Crippen molar-refractivity contribution in [3.63, 3.8) is 0 Å². The van der Waals surface area contributed by atoms with Crippen molar-refractivity contribution >= 4 is 12.6 Å².